The summed E-state index contributed by atoms with van der Waals surface area (Å²) in [5.41, 5.74) is 0.853. The molecule has 0 unspecified atom stereocenters. The number of amides is 2. The van der Waals surface area contributed by atoms with E-state index in [-0.39, 0.29) is 16.6 Å². The zero-order chi connectivity index (χ0) is 18.0. The van der Waals surface area contributed by atoms with Crippen LogP contribution < -0.4 is 10.1 Å². The summed E-state index contributed by atoms with van der Waals surface area (Å²) in [4.78, 5) is 26.2. The van der Waals surface area contributed by atoms with Gasteiger partial charge in [-0.1, -0.05) is 30.3 Å². The minimum absolute atomic E-state index is 0.0739. The molecule has 0 bridgehead atoms. The van der Waals surface area contributed by atoms with Crippen molar-refractivity contribution in [2.24, 2.45) is 0 Å². The van der Waals surface area contributed by atoms with Crippen LogP contribution in [0.2, 0.25) is 0 Å². The zero-order valence-electron chi connectivity index (χ0n) is 14.0. The summed E-state index contributed by atoms with van der Waals surface area (Å²) >= 11 is 5.05. The Hall–Kier alpha value is -2.73. The Morgan fingerprint density at radius 1 is 1.12 bits per heavy atom. The lowest BCUT2D eigenvalue weighted by Crippen LogP contribution is -2.53. The van der Waals surface area contributed by atoms with Gasteiger partial charge in [0, 0.05) is 11.9 Å². The van der Waals surface area contributed by atoms with Crippen molar-refractivity contribution in [1.82, 2.24) is 10.2 Å². The summed E-state index contributed by atoms with van der Waals surface area (Å²) in [6, 6.07) is 11.4. The van der Waals surface area contributed by atoms with Crippen LogP contribution in [0.1, 0.15) is 19.4 Å². The predicted octanol–water partition coefficient (Wildman–Crippen LogP) is 2.89. The van der Waals surface area contributed by atoms with Crippen LogP contribution in [0.5, 0.6) is 5.75 Å². The number of ether oxygens (including phenoxy) is 1. The lowest BCUT2D eigenvalue weighted by molar-refractivity contribution is -0.128. The molecule has 2 amide bonds. The van der Waals surface area contributed by atoms with Crippen LogP contribution in [-0.4, -0.2) is 35.0 Å². The van der Waals surface area contributed by atoms with Gasteiger partial charge in [-0.15, -0.1) is 0 Å². The Balaban J connectivity index is 2.12. The molecule has 25 heavy (non-hydrogen) atoms. The minimum Gasteiger partial charge on any atom is -0.493 e. The average Bonchev–Trinajstić information content (AvgIpc) is 2.60. The Morgan fingerprint density at radius 3 is 2.52 bits per heavy atom. The number of carbonyl (C=O) groups is 2. The van der Waals surface area contributed by atoms with Crippen molar-refractivity contribution in [2.45, 2.75) is 13.8 Å². The smallest absolute Gasteiger partial charge is 0.265 e. The average molecular weight is 354 g/mol. The lowest BCUT2D eigenvalue weighted by atomic mass is 10.0. The normalized spacial score (nSPS) is 16.5. The maximum atomic E-state index is 12.6. The lowest BCUT2D eigenvalue weighted by Gasteiger charge is -2.27. The van der Waals surface area contributed by atoms with E-state index in [1.165, 1.54) is 4.90 Å². The number of likely N-dealkylation sites (N-methyl/N-ethyl adjacent to an activating group) is 1. The van der Waals surface area contributed by atoms with Crippen molar-refractivity contribution in [1.29, 1.82) is 0 Å². The number of hydrogen-bond donors (Lipinski definition) is 1. The summed E-state index contributed by atoms with van der Waals surface area (Å²) in [6.07, 6.45) is 1.61. The monoisotopic (exact) mass is 354 g/mol. The maximum Gasteiger partial charge on any atom is 0.265 e. The van der Waals surface area contributed by atoms with Crippen LogP contribution in [0.15, 0.2) is 42.0 Å². The van der Waals surface area contributed by atoms with E-state index in [0.717, 1.165) is 22.1 Å². The number of carbonyl (C=O) groups excluding carboxylic acids is 2. The van der Waals surface area contributed by atoms with Gasteiger partial charge in [-0.3, -0.25) is 19.8 Å². The van der Waals surface area contributed by atoms with E-state index in [4.69, 9.17) is 17.0 Å². The highest BCUT2D eigenvalue weighted by Gasteiger charge is 2.32. The number of rotatable bonds is 4. The molecule has 0 radical (unpaired) electrons. The van der Waals surface area contributed by atoms with Gasteiger partial charge in [-0.2, -0.15) is 0 Å². The van der Waals surface area contributed by atoms with E-state index in [1.54, 1.807) is 6.08 Å². The molecule has 128 valence electrons. The first-order chi connectivity index (χ1) is 12.1. The molecule has 0 aliphatic carbocycles. The molecule has 1 aliphatic heterocycles. The molecule has 1 heterocycles. The highest BCUT2D eigenvalue weighted by molar-refractivity contribution is 7.80. The third-order valence-corrected chi connectivity index (χ3v) is 4.34. The molecule has 0 aromatic heterocycles. The van der Waals surface area contributed by atoms with Gasteiger partial charge >= 0.3 is 0 Å². The number of fused-ring (bicyclic) bond motifs is 1. The standard InChI is InChI=1S/C19H18N2O3S/c1-3-21-18(23)15(17(22)20-19(21)25)11-12-9-10-16(24-4-2)14-8-6-5-7-13(12)14/h5-11H,3-4H2,1-2H3,(H,20,22,25). The van der Waals surface area contributed by atoms with E-state index in [0.29, 0.717) is 13.2 Å². The van der Waals surface area contributed by atoms with Gasteiger partial charge in [0.1, 0.15) is 11.3 Å². The molecule has 2 aromatic rings. The second-order valence-electron chi connectivity index (χ2n) is 5.50. The summed E-state index contributed by atoms with van der Waals surface area (Å²) in [6.45, 7) is 4.71. The number of thiocarbonyl (C=S) groups is 1. The van der Waals surface area contributed by atoms with Gasteiger partial charge in [0.05, 0.1) is 6.61 Å². The highest BCUT2D eigenvalue weighted by atomic mass is 32.1. The van der Waals surface area contributed by atoms with E-state index in [9.17, 15) is 9.59 Å². The van der Waals surface area contributed by atoms with Crippen molar-refractivity contribution in [3.63, 3.8) is 0 Å². The number of hydrogen-bond acceptors (Lipinski definition) is 4. The SMILES string of the molecule is CCOc1ccc(C=C2C(=O)NC(=S)N(CC)C2=O)c2ccccc12. The van der Waals surface area contributed by atoms with Gasteiger partial charge in [0.15, 0.2) is 5.11 Å². The quantitative estimate of drug-likeness (QED) is 0.521. The van der Waals surface area contributed by atoms with Crippen LogP contribution in [0, 0.1) is 0 Å². The van der Waals surface area contributed by atoms with Crippen molar-refractivity contribution in [3.05, 3.63) is 47.5 Å². The molecule has 0 spiro atoms. The molecule has 0 atom stereocenters. The topological polar surface area (TPSA) is 58.6 Å². The molecule has 6 heteroatoms. The van der Waals surface area contributed by atoms with E-state index in [2.05, 4.69) is 5.32 Å². The summed E-state index contributed by atoms with van der Waals surface area (Å²) in [5.74, 6) is -0.0806. The summed E-state index contributed by atoms with van der Waals surface area (Å²) in [7, 11) is 0. The third-order valence-electron chi connectivity index (χ3n) is 4.02. The van der Waals surface area contributed by atoms with E-state index in [1.807, 2.05) is 50.2 Å². The summed E-state index contributed by atoms with van der Waals surface area (Å²) < 4.78 is 5.66. The molecule has 3 rings (SSSR count). The van der Waals surface area contributed by atoms with Gasteiger partial charge in [-0.25, -0.2) is 0 Å². The van der Waals surface area contributed by atoms with Crippen molar-refractivity contribution in [2.75, 3.05) is 13.2 Å². The second-order valence-corrected chi connectivity index (χ2v) is 5.88. The van der Waals surface area contributed by atoms with Gasteiger partial charge in [-0.05, 0) is 49.2 Å². The van der Waals surface area contributed by atoms with E-state index < -0.39 is 5.91 Å². The molecule has 1 N–H and O–H groups in total. The van der Waals surface area contributed by atoms with Gasteiger partial charge < -0.3 is 4.74 Å². The van der Waals surface area contributed by atoms with Crippen LogP contribution in [0.4, 0.5) is 0 Å². The van der Waals surface area contributed by atoms with Gasteiger partial charge in [0.25, 0.3) is 11.8 Å². The highest BCUT2D eigenvalue weighted by Crippen LogP contribution is 2.30. The molecule has 1 fully saturated rings. The molecular formula is C19H18N2O3S. The molecule has 1 aliphatic rings. The second kappa shape index (κ2) is 7.03. The Labute approximate surface area is 151 Å². The Bertz CT molecular complexity index is 905. The fourth-order valence-corrected chi connectivity index (χ4v) is 3.14. The van der Waals surface area contributed by atoms with Crippen molar-refractivity contribution in [3.8, 4) is 5.75 Å². The van der Waals surface area contributed by atoms with Crippen molar-refractivity contribution < 1.29 is 14.3 Å². The van der Waals surface area contributed by atoms with E-state index >= 15 is 0 Å². The van der Waals surface area contributed by atoms with Crippen LogP contribution in [0.3, 0.4) is 0 Å². The summed E-state index contributed by atoms with van der Waals surface area (Å²) in [5, 5.41) is 4.56. The number of benzene rings is 2. The van der Waals surface area contributed by atoms with Crippen molar-refractivity contribution >= 4 is 46.0 Å². The Morgan fingerprint density at radius 2 is 1.84 bits per heavy atom. The Kier molecular flexibility index (Phi) is 4.81. The first-order valence-electron chi connectivity index (χ1n) is 8.10. The molecular weight excluding hydrogens is 336 g/mol. The molecule has 0 saturated carbocycles. The van der Waals surface area contributed by atoms with Crippen LogP contribution in [0.25, 0.3) is 16.8 Å². The predicted molar refractivity (Wildman–Crippen MR) is 101 cm³/mol. The molecule has 5 nitrogen and oxygen atoms in total. The third kappa shape index (κ3) is 3.13. The zero-order valence-corrected chi connectivity index (χ0v) is 14.9. The first kappa shape index (κ1) is 17.1. The maximum absolute atomic E-state index is 12.6. The van der Waals surface area contributed by atoms with Crippen LogP contribution >= 0.6 is 12.2 Å². The molecule has 1 saturated heterocycles. The fraction of sp³-hybridized carbons (Fsp3) is 0.211. The number of nitrogens with zero attached hydrogens (tertiary/aromatic N) is 1. The minimum atomic E-state index is -0.474. The first-order valence-corrected chi connectivity index (χ1v) is 8.51. The number of nitrogens with one attached hydrogen (secondary N) is 1. The van der Waals surface area contributed by atoms with Gasteiger partial charge in [0.2, 0.25) is 0 Å². The fourth-order valence-electron chi connectivity index (χ4n) is 2.84. The largest absolute Gasteiger partial charge is 0.493 e. The molecule has 2 aromatic carbocycles. The van der Waals surface area contributed by atoms with Crippen LogP contribution in [-0.2, 0) is 9.59 Å².